The number of ether oxygens (including phenoxy) is 1. The van der Waals surface area contributed by atoms with E-state index in [1.165, 1.54) is 0 Å². The Balaban J connectivity index is 1.78. The second kappa shape index (κ2) is 9.18. The highest BCUT2D eigenvalue weighted by Gasteiger charge is 2.18. The van der Waals surface area contributed by atoms with E-state index in [2.05, 4.69) is 25.5 Å². The average molecular weight is 472 g/mol. The maximum atomic E-state index is 6.35. The van der Waals surface area contributed by atoms with Gasteiger partial charge in [-0.25, -0.2) is 4.98 Å². The van der Waals surface area contributed by atoms with Gasteiger partial charge in [-0.05, 0) is 37.3 Å². The maximum absolute atomic E-state index is 6.35. The molecule has 3 nitrogen and oxygen atoms in total. The minimum absolute atomic E-state index is 0.110. The molecule has 1 aromatic heterocycles. The third-order valence-corrected chi connectivity index (χ3v) is 6.40. The van der Waals surface area contributed by atoms with Crippen molar-refractivity contribution in [3.63, 3.8) is 0 Å². The molecule has 0 spiro atoms. The normalized spacial score (nSPS) is 12.2. The molecule has 0 amide bonds. The zero-order valence-electron chi connectivity index (χ0n) is 14.0. The van der Waals surface area contributed by atoms with E-state index < -0.39 is 0 Å². The summed E-state index contributed by atoms with van der Waals surface area (Å²) in [5, 5.41) is 1.41. The topological polar surface area (TPSA) is 27.1 Å². The molecule has 0 aliphatic carbocycles. The minimum Gasteiger partial charge on any atom is -0.492 e. The van der Waals surface area contributed by atoms with Gasteiger partial charge in [0.15, 0.2) is 0 Å². The van der Waals surface area contributed by atoms with Crippen molar-refractivity contribution in [2.24, 2.45) is 0 Å². The van der Waals surface area contributed by atoms with E-state index in [-0.39, 0.29) is 5.25 Å². The molecule has 136 valence electrons. The van der Waals surface area contributed by atoms with Gasteiger partial charge in [0.05, 0.1) is 15.3 Å². The van der Waals surface area contributed by atoms with Crippen molar-refractivity contribution in [3.8, 4) is 5.75 Å². The maximum Gasteiger partial charge on any atom is 0.120 e. The first kappa shape index (κ1) is 19.6. The van der Waals surface area contributed by atoms with Crippen LogP contribution >= 0.6 is 50.9 Å². The van der Waals surface area contributed by atoms with Crippen LogP contribution in [0.5, 0.6) is 5.75 Å². The Kier molecular flexibility index (Phi) is 6.92. The number of imidazole rings is 1. The molecule has 3 rings (SSSR count). The van der Waals surface area contributed by atoms with Gasteiger partial charge in [-0.3, -0.25) is 0 Å². The Hall–Kier alpha value is -1.14. The van der Waals surface area contributed by atoms with Gasteiger partial charge in [-0.1, -0.05) is 51.3 Å². The van der Waals surface area contributed by atoms with E-state index >= 15 is 0 Å². The fraction of sp³-hybridized carbons (Fsp3) is 0.211. The van der Waals surface area contributed by atoms with Gasteiger partial charge in [0, 0.05) is 28.3 Å². The van der Waals surface area contributed by atoms with Gasteiger partial charge >= 0.3 is 0 Å². The summed E-state index contributed by atoms with van der Waals surface area (Å²) >= 11 is 17.8. The van der Waals surface area contributed by atoms with Crippen molar-refractivity contribution in [2.75, 3.05) is 6.61 Å². The Morgan fingerprint density at radius 1 is 1.19 bits per heavy atom. The zero-order chi connectivity index (χ0) is 18.5. The van der Waals surface area contributed by atoms with Gasteiger partial charge < -0.3 is 9.30 Å². The largest absolute Gasteiger partial charge is 0.492 e. The lowest BCUT2D eigenvalue weighted by Gasteiger charge is -2.20. The number of rotatable bonds is 7. The van der Waals surface area contributed by atoms with Crippen molar-refractivity contribution in [1.29, 1.82) is 0 Å². The van der Waals surface area contributed by atoms with Crippen molar-refractivity contribution in [1.82, 2.24) is 9.55 Å². The number of thioether (sulfide) groups is 1. The Bertz CT molecular complexity index is 867. The van der Waals surface area contributed by atoms with Crippen LogP contribution in [0, 0.1) is 6.92 Å². The van der Waals surface area contributed by atoms with E-state index in [1.54, 1.807) is 18.0 Å². The summed E-state index contributed by atoms with van der Waals surface area (Å²) in [6.07, 6.45) is 3.77. The number of benzene rings is 2. The molecule has 0 aliphatic rings. The van der Waals surface area contributed by atoms with Crippen LogP contribution in [0.25, 0.3) is 0 Å². The lowest BCUT2D eigenvalue weighted by atomic mass is 10.3. The number of hydrogen-bond acceptors (Lipinski definition) is 3. The third-order valence-electron chi connectivity index (χ3n) is 3.76. The van der Waals surface area contributed by atoms with Crippen LogP contribution in [0.15, 0.2) is 64.2 Å². The fourth-order valence-corrected chi connectivity index (χ4v) is 4.56. The van der Waals surface area contributed by atoms with Crippen LogP contribution in [-0.2, 0) is 6.54 Å². The lowest BCUT2D eigenvalue weighted by molar-refractivity contribution is 0.307. The average Bonchev–Trinajstić information content (AvgIpc) is 3.01. The minimum atomic E-state index is 0.110. The third kappa shape index (κ3) is 5.19. The second-order valence-corrected chi connectivity index (χ2v) is 8.73. The molecule has 0 saturated heterocycles. The Labute approximate surface area is 175 Å². The first-order chi connectivity index (χ1) is 12.5. The zero-order valence-corrected chi connectivity index (χ0v) is 17.9. The second-order valence-electron chi connectivity index (χ2n) is 5.69. The molecule has 1 unspecified atom stereocenters. The van der Waals surface area contributed by atoms with Gasteiger partial charge in [-0.15, -0.1) is 11.8 Å². The standard InChI is InChI=1S/C19H17BrCl2N2OS/c1-13-23-8-9-24(13)11-16(12-25-15-5-2-4-14(20)10-15)26-19-17(21)6-3-7-18(19)22/h2-10,16H,11-12H2,1H3. The van der Waals surface area contributed by atoms with Crippen LogP contribution in [0.1, 0.15) is 5.82 Å². The van der Waals surface area contributed by atoms with Crippen molar-refractivity contribution < 1.29 is 4.74 Å². The van der Waals surface area contributed by atoms with Crippen LogP contribution in [0.4, 0.5) is 0 Å². The molecular weight excluding hydrogens is 455 g/mol. The highest BCUT2D eigenvalue weighted by atomic mass is 79.9. The fourth-order valence-electron chi connectivity index (χ4n) is 2.45. The van der Waals surface area contributed by atoms with Gasteiger partial charge in [0.25, 0.3) is 0 Å². The molecule has 0 aliphatic heterocycles. The van der Waals surface area contributed by atoms with Crippen molar-refractivity contribution in [3.05, 3.63) is 75.2 Å². The predicted octanol–water partition coefficient (Wildman–Crippen LogP) is 6.50. The molecule has 2 aromatic carbocycles. The van der Waals surface area contributed by atoms with Crippen molar-refractivity contribution in [2.45, 2.75) is 23.6 Å². The Morgan fingerprint density at radius 2 is 1.92 bits per heavy atom. The number of halogens is 3. The summed E-state index contributed by atoms with van der Waals surface area (Å²) in [6, 6.07) is 13.4. The molecule has 0 radical (unpaired) electrons. The smallest absolute Gasteiger partial charge is 0.120 e. The molecule has 7 heteroatoms. The molecular formula is C19H17BrCl2N2OS. The first-order valence-corrected chi connectivity index (χ1v) is 10.4. The van der Waals surface area contributed by atoms with Gasteiger partial charge in [-0.2, -0.15) is 0 Å². The molecule has 1 atom stereocenters. The van der Waals surface area contributed by atoms with E-state index in [9.17, 15) is 0 Å². The van der Waals surface area contributed by atoms with Crippen molar-refractivity contribution >= 4 is 50.9 Å². The van der Waals surface area contributed by atoms with E-state index in [1.807, 2.05) is 55.6 Å². The van der Waals surface area contributed by atoms with Gasteiger partial charge in [0.2, 0.25) is 0 Å². The number of aryl methyl sites for hydroxylation is 1. The van der Waals surface area contributed by atoms with E-state index in [0.717, 1.165) is 27.5 Å². The number of aromatic nitrogens is 2. The quantitative estimate of drug-likeness (QED) is 0.368. The van der Waals surface area contributed by atoms with E-state index in [4.69, 9.17) is 27.9 Å². The monoisotopic (exact) mass is 470 g/mol. The lowest BCUT2D eigenvalue weighted by Crippen LogP contribution is -2.21. The summed E-state index contributed by atoms with van der Waals surface area (Å²) in [4.78, 5) is 5.17. The summed E-state index contributed by atoms with van der Waals surface area (Å²) in [5.41, 5.74) is 0. The molecule has 0 saturated carbocycles. The van der Waals surface area contributed by atoms with Crippen LogP contribution in [0.2, 0.25) is 10.0 Å². The molecule has 0 N–H and O–H groups in total. The van der Waals surface area contributed by atoms with Gasteiger partial charge in [0.1, 0.15) is 18.2 Å². The summed E-state index contributed by atoms with van der Waals surface area (Å²) in [7, 11) is 0. The van der Waals surface area contributed by atoms with Crippen LogP contribution in [-0.4, -0.2) is 21.4 Å². The van der Waals surface area contributed by atoms with E-state index in [0.29, 0.717) is 16.7 Å². The summed E-state index contributed by atoms with van der Waals surface area (Å²) in [6.45, 7) is 3.24. The molecule has 0 bridgehead atoms. The highest BCUT2D eigenvalue weighted by Crippen LogP contribution is 2.37. The number of nitrogens with zero attached hydrogens (tertiary/aromatic N) is 2. The molecule has 0 fully saturated rings. The SMILES string of the molecule is Cc1nccn1CC(COc1cccc(Br)c1)Sc1c(Cl)cccc1Cl. The summed E-state index contributed by atoms with van der Waals surface area (Å²) < 4.78 is 9.11. The molecule has 1 heterocycles. The highest BCUT2D eigenvalue weighted by molar-refractivity contribution is 9.10. The molecule has 3 aromatic rings. The number of hydrogen-bond donors (Lipinski definition) is 0. The first-order valence-electron chi connectivity index (χ1n) is 7.99. The van der Waals surface area contributed by atoms with Crippen LogP contribution in [0.3, 0.4) is 0 Å². The molecule has 26 heavy (non-hydrogen) atoms. The van der Waals surface area contributed by atoms with Crippen LogP contribution < -0.4 is 4.74 Å². The summed E-state index contributed by atoms with van der Waals surface area (Å²) in [5.74, 6) is 1.78. The Morgan fingerprint density at radius 3 is 2.58 bits per heavy atom. The predicted molar refractivity (Wildman–Crippen MR) is 113 cm³/mol.